The van der Waals surface area contributed by atoms with E-state index in [4.69, 9.17) is 28.4 Å². The van der Waals surface area contributed by atoms with E-state index in [1.165, 1.54) is 0 Å². The highest BCUT2D eigenvalue weighted by Gasteiger charge is 2.20. The van der Waals surface area contributed by atoms with Gasteiger partial charge in [0.25, 0.3) is 0 Å². The minimum Gasteiger partial charge on any atom is -0.445 e. The standard InChI is InChI=1S/C52H71N7O11/c1-52(2,3)70-50(63)54-27-17-16-26-45(58-51(64)69-40-44-24-14-7-15-25-44)36-59(30-28-55-47(60)66-37-41-18-8-4-9-19-41)31-33-65-32-29-53-46(34-56-48(61)67-38-42-20-10-5-11-21-42)35-57-49(62)68-39-43-22-12-6-13-23-43/h4-12,14-15,18-22,24-25,45H,13,16-17,23,26-40H2,1-3H3,(H,54,63)(H,55,60)(H,56,61)(H,57,62)(H,58,64)/b53-46+. The van der Waals surface area contributed by atoms with E-state index in [0.717, 1.165) is 35.1 Å². The Hall–Kier alpha value is -6.92. The zero-order valence-corrected chi connectivity index (χ0v) is 40.8. The third-order valence-corrected chi connectivity index (χ3v) is 10.3. The molecule has 5 N–H and O–H groups in total. The maximum absolute atomic E-state index is 13.2. The van der Waals surface area contributed by atoms with Gasteiger partial charge in [-0.3, -0.25) is 9.89 Å². The lowest BCUT2D eigenvalue weighted by Gasteiger charge is -2.28. The van der Waals surface area contributed by atoms with Crippen molar-refractivity contribution in [2.45, 2.75) is 84.3 Å². The van der Waals surface area contributed by atoms with E-state index in [2.05, 4.69) is 42.6 Å². The first kappa shape index (κ1) is 55.7. The second-order valence-electron chi connectivity index (χ2n) is 17.3. The van der Waals surface area contributed by atoms with E-state index in [-0.39, 0.29) is 71.9 Å². The summed E-state index contributed by atoms with van der Waals surface area (Å²) in [4.78, 5) is 69.9. The van der Waals surface area contributed by atoms with Gasteiger partial charge in [0, 0.05) is 38.8 Å². The molecule has 3 aromatic rings. The molecule has 0 saturated carbocycles. The molecule has 1 aliphatic rings. The van der Waals surface area contributed by atoms with E-state index in [9.17, 15) is 24.0 Å². The van der Waals surface area contributed by atoms with Crippen molar-refractivity contribution in [2.75, 3.05) is 72.2 Å². The largest absolute Gasteiger partial charge is 0.445 e. The fourth-order valence-corrected chi connectivity index (χ4v) is 6.70. The lowest BCUT2D eigenvalue weighted by molar-refractivity contribution is 0.0526. The Kier molecular flexibility index (Phi) is 26.1. The van der Waals surface area contributed by atoms with Crippen LogP contribution in [0.5, 0.6) is 0 Å². The summed E-state index contributed by atoms with van der Waals surface area (Å²) >= 11 is 0. The number of benzene rings is 3. The van der Waals surface area contributed by atoms with Gasteiger partial charge in [-0.15, -0.1) is 0 Å². The number of unbranched alkanes of at least 4 members (excludes halogenated alkanes) is 1. The van der Waals surface area contributed by atoms with Crippen molar-refractivity contribution in [3.05, 3.63) is 131 Å². The van der Waals surface area contributed by atoms with Gasteiger partial charge >= 0.3 is 30.5 Å². The van der Waals surface area contributed by atoms with Crippen LogP contribution in [0.1, 0.15) is 69.6 Å². The number of nitrogens with one attached hydrogen (secondary N) is 5. The maximum atomic E-state index is 13.2. The predicted octanol–water partition coefficient (Wildman–Crippen LogP) is 7.59. The average Bonchev–Trinajstić information content (AvgIpc) is 3.35. The number of carbonyl (C=O) groups excluding carboxylic acids is 5. The maximum Gasteiger partial charge on any atom is 0.407 e. The molecule has 0 radical (unpaired) electrons. The zero-order chi connectivity index (χ0) is 50.1. The molecule has 0 aromatic heterocycles. The van der Waals surface area contributed by atoms with Crippen molar-refractivity contribution in [1.29, 1.82) is 0 Å². The summed E-state index contributed by atoms with van der Waals surface area (Å²) in [5, 5.41) is 14.0. The molecule has 3 aromatic carbocycles. The fraction of sp³-hybridized carbons (Fsp3) is 0.462. The topological polar surface area (TPSA) is 216 Å². The Labute approximate surface area is 411 Å². The lowest BCUT2D eigenvalue weighted by Crippen LogP contribution is -2.47. The van der Waals surface area contributed by atoms with Crippen LogP contribution in [0.3, 0.4) is 0 Å². The molecule has 0 heterocycles. The number of rotatable bonds is 29. The van der Waals surface area contributed by atoms with Crippen molar-refractivity contribution in [1.82, 2.24) is 31.5 Å². The van der Waals surface area contributed by atoms with Gasteiger partial charge in [0.15, 0.2) is 0 Å². The van der Waals surface area contributed by atoms with Gasteiger partial charge in [-0.1, -0.05) is 109 Å². The Morgan fingerprint density at radius 2 is 1.17 bits per heavy atom. The summed E-state index contributed by atoms with van der Waals surface area (Å²) in [6.45, 7) is 8.46. The summed E-state index contributed by atoms with van der Waals surface area (Å²) in [6, 6.07) is 27.7. The number of nitrogens with zero attached hydrogens (tertiary/aromatic N) is 2. The summed E-state index contributed by atoms with van der Waals surface area (Å²) in [5.74, 6) is 0. The molecule has 18 nitrogen and oxygen atoms in total. The van der Waals surface area contributed by atoms with Gasteiger partial charge in [0.1, 0.15) is 32.0 Å². The zero-order valence-electron chi connectivity index (χ0n) is 40.8. The van der Waals surface area contributed by atoms with Crippen LogP contribution >= 0.6 is 0 Å². The number of allylic oxidation sites excluding steroid dienone is 3. The Morgan fingerprint density at radius 3 is 1.73 bits per heavy atom. The Balaban J connectivity index is 1.35. The second-order valence-corrected chi connectivity index (χ2v) is 17.3. The van der Waals surface area contributed by atoms with Gasteiger partial charge in [0.2, 0.25) is 0 Å². The minimum absolute atomic E-state index is 0.0116. The summed E-state index contributed by atoms with van der Waals surface area (Å²) in [6.07, 6.45) is 6.62. The van der Waals surface area contributed by atoms with Crippen LogP contribution in [0, 0.1) is 0 Å². The quantitative estimate of drug-likeness (QED) is 0.0258. The molecule has 70 heavy (non-hydrogen) atoms. The fourth-order valence-electron chi connectivity index (χ4n) is 6.70. The number of hydrogen-bond acceptors (Lipinski definition) is 13. The molecule has 0 spiro atoms. The van der Waals surface area contributed by atoms with E-state index in [0.29, 0.717) is 51.2 Å². The number of hydrogen-bond donors (Lipinski definition) is 5. The van der Waals surface area contributed by atoms with Crippen molar-refractivity contribution in [3.8, 4) is 0 Å². The molecule has 5 amide bonds. The lowest BCUT2D eigenvalue weighted by atomic mass is 10.1. The molecule has 18 heteroatoms. The molecule has 0 bridgehead atoms. The summed E-state index contributed by atoms with van der Waals surface area (Å²) < 4.78 is 33.1. The first-order valence-corrected chi connectivity index (χ1v) is 23.8. The molecule has 1 atom stereocenters. The van der Waals surface area contributed by atoms with Crippen molar-refractivity contribution >= 4 is 36.2 Å². The van der Waals surface area contributed by atoms with E-state index < -0.39 is 36.1 Å². The van der Waals surface area contributed by atoms with Crippen LogP contribution < -0.4 is 26.6 Å². The molecule has 1 unspecified atom stereocenters. The van der Waals surface area contributed by atoms with Crippen molar-refractivity contribution in [2.24, 2.45) is 4.99 Å². The van der Waals surface area contributed by atoms with Crippen LogP contribution in [0.25, 0.3) is 0 Å². The highest BCUT2D eigenvalue weighted by molar-refractivity contribution is 5.92. The highest BCUT2D eigenvalue weighted by atomic mass is 16.6. The van der Waals surface area contributed by atoms with Gasteiger partial charge in [0.05, 0.1) is 38.6 Å². The molecule has 4 rings (SSSR count). The minimum atomic E-state index is -0.638. The summed E-state index contributed by atoms with van der Waals surface area (Å²) in [5.41, 5.74) is 3.41. The first-order valence-electron chi connectivity index (χ1n) is 23.8. The molecular formula is C52H71N7O11. The average molecular weight is 970 g/mol. The number of ether oxygens (including phenoxy) is 6. The van der Waals surface area contributed by atoms with E-state index >= 15 is 0 Å². The van der Waals surface area contributed by atoms with Crippen molar-refractivity contribution in [3.63, 3.8) is 0 Å². The van der Waals surface area contributed by atoms with Crippen LogP contribution in [0.4, 0.5) is 24.0 Å². The SMILES string of the molecule is CC(C)(C)OC(=O)NCCCCC(CN(CCNC(=O)OCc1ccccc1)CCOCC/N=C(/CNC(=O)OCC1=CC=CCC1)CNC(=O)OCc1ccccc1)NC(=O)OCc1ccccc1. The van der Waals surface area contributed by atoms with Gasteiger partial charge < -0.3 is 55.0 Å². The second kappa shape index (κ2) is 32.8. The van der Waals surface area contributed by atoms with Crippen LogP contribution in [0.2, 0.25) is 0 Å². The predicted molar refractivity (Wildman–Crippen MR) is 266 cm³/mol. The molecule has 0 aliphatic heterocycles. The smallest absolute Gasteiger partial charge is 0.407 e. The van der Waals surface area contributed by atoms with Gasteiger partial charge in [-0.25, -0.2) is 24.0 Å². The van der Waals surface area contributed by atoms with Crippen LogP contribution in [-0.2, 0) is 48.2 Å². The number of carbonyl (C=O) groups is 5. The Bertz CT molecular complexity index is 2100. The van der Waals surface area contributed by atoms with E-state index in [1.807, 2.05) is 103 Å². The third-order valence-electron chi connectivity index (χ3n) is 10.3. The van der Waals surface area contributed by atoms with Crippen molar-refractivity contribution < 1.29 is 52.4 Å². The number of amides is 5. The molecule has 0 fully saturated rings. The molecule has 1 aliphatic carbocycles. The first-order chi connectivity index (χ1) is 33.9. The molecule has 0 saturated heterocycles. The Morgan fingerprint density at radius 1 is 0.629 bits per heavy atom. The van der Waals surface area contributed by atoms with Crippen LogP contribution in [0.15, 0.2) is 120 Å². The molecular weight excluding hydrogens is 899 g/mol. The van der Waals surface area contributed by atoms with Crippen LogP contribution in [-0.4, -0.2) is 125 Å². The van der Waals surface area contributed by atoms with E-state index in [1.54, 1.807) is 20.8 Å². The monoisotopic (exact) mass is 970 g/mol. The number of aliphatic imine (C=N–C) groups is 1. The molecule has 380 valence electrons. The normalized spacial score (nSPS) is 12.7. The number of alkyl carbamates (subject to hydrolysis) is 5. The highest BCUT2D eigenvalue weighted by Crippen LogP contribution is 2.12. The van der Waals surface area contributed by atoms with Gasteiger partial charge in [-0.05, 0) is 75.1 Å². The van der Waals surface area contributed by atoms with Gasteiger partial charge in [-0.2, -0.15) is 0 Å². The summed E-state index contributed by atoms with van der Waals surface area (Å²) in [7, 11) is 0. The third kappa shape index (κ3) is 26.6.